The van der Waals surface area contributed by atoms with E-state index in [1.54, 1.807) is 12.1 Å². The number of nitrogens with zero attached hydrogens (tertiary/aromatic N) is 3. The van der Waals surface area contributed by atoms with Gasteiger partial charge in [-0.2, -0.15) is 4.98 Å². The molecule has 0 fully saturated rings. The van der Waals surface area contributed by atoms with E-state index in [1.807, 2.05) is 0 Å². The van der Waals surface area contributed by atoms with Crippen LogP contribution < -0.4 is 10.6 Å². The Bertz CT molecular complexity index is 711. The number of benzene rings is 1. The number of nitro groups is 1. The van der Waals surface area contributed by atoms with Crippen LogP contribution in [-0.2, 0) is 0 Å². The van der Waals surface area contributed by atoms with Gasteiger partial charge in [0.15, 0.2) is 0 Å². The Hall–Kier alpha value is -3.34. The number of nitrogens with one attached hydrogen (secondary N) is 2. The number of aromatic hydroxyl groups is 1. The van der Waals surface area contributed by atoms with Gasteiger partial charge in [-0.15, -0.1) is 6.42 Å². The number of phenolic OH excluding ortho intramolecular Hbond substituents is 1. The van der Waals surface area contributed by atoms with Crippen LogP contribution in [-0.4, -0.2) is 26.5 Å². The molecule has 1 aromatic carbocycles. The maximum absolute atomic E-state index is 10.9. The van der Waals surface area contributed by atoms with Crippen LogP contribution in [0, 0.1) is 22.5 Å². The molecule has 8 nitrogen and oxygen atoms in total. The van der Waals surface area contributed by atoms with Crippen molar-refractivity contribution < 1.29 is 10.0 Å². The predicted molar refractivity (Wildman–Crippen MR) is 77.4 cm³/mol. The second-order valence-corrected chi connectivity index (χ2v) is 3.92. The van der Waals surface area contributed by atoms with E-state index >= 15 is 0 Å². The topological polar surface area (TPSA) is 113 Å². The Balaban J connectivity index is 2.28. The van der Waals surface area contributed by atoms with Gasteiger partial charge in [-0.3, -0.25) is 10.1 Å². The molecule has 1 heterocycles. The number of terminal acetylenes is 1. The summed E-state index contributed by atoms with van der Waals surface area (Å²) in [4.78, 5) is 18.1. The largest absolute Gasteiger partial charge is 0.508 e. The second kappa shape index (κ2) is 6.21. The van der Waals surface area contributed by atoms with Gasteiger partial charge in [-0.05, 0) is 12.1 Å². The van der Waals surface area contributed by atoms with Gasteiger partial charge in [0.2, 0.25) is 11.8 Å². The van der Waals surface area contributed by atoms with Gasteiger partial charge in [-0.25, -0.2) is 4.98 Å². The fourth-order valence-electron chi connectivity index (χ4n) is 1.55. The molecule has 21 heavy (non-hydrogen) atoms. The maximum atomic E-state index is 10.9. The quantitative estimate of drug-likeness (QED) is 0.436. The van der Waals surface area contributed by atoms with E-state index in [0.717, 1.165) is 6.20 Å². The number of hydrogen-bond donors (Lipinski definition) is 3. The molecule has 1 aromatic heterocycles. The van der Waals surface area contributed by atoms with Crippen LogP contribution in [0.2, 0.25) is 0 Å². The third-order valence-corrected chi connectivity index (χ3v) is 2.43. The van der Waals surface area contributed by atoms with Gasteiger partial charge in [0, 0.05) is 11.8 Å². The molecule has 0 aliphatic rings. The van der Waals surface area contributed by atoms with Crippen molar-refractivity contribution in [3.63, 3.8) is 0 Å². The van der Waals surface area contributed by atoms with Crippen molar-refractivity contribution in [3.8, 4) is 18.1 Å². The monoisotopic (exact) mass is 285 g/mol. The van der Waals surface area contributed by atoms with Crippen molar-refractivity contribution in [2.75, 3.05) is 17.2 Å². The lowest BCUT2D eigenvalue weighted by Crippen LogP contribution is -2.07. The zero-order valence-electron chi connectivity index (χ0n) is 10.8. The molecule has 0 saturated carbocycles. The van der Waals surface area contributed by atoms with Crippen molar-refractivity contribution in [2.45, 2.75) is 0 Å². The fraction of sp³-hybridized carbons (Fsp3) is 0.0769. The van der Waals surface area contributed by atoms with E-state index in [9.17, 15) is 15.2 Å². The molecule has 0 aliphatic heterocycles. The number of anilines is 3. The predicted octanol–water partition coefficient (Wildman–Crippen LogP) is 1.88. The highest BCUT2D eigenvalue weighted by Crippen LogP contribution is 2.24. The van der Waals surface area contributed by atoms with E-state index in [1.165, 1.54) is 12.1 Å². The first kappa shape index (κ1) is 14.1. The van der Waals surface area contributed by atoms with Crippen LogP contribution in [0.4, 0.5) is 23.1 Å². The summed E-state index contributed by atoms with van der Waals surface area (Å²) in [7, 11) is 0. The highest BCUT2D eigenvalue weighted by Gasteiger charge is 2.16. The van der Waals surface area contributed by atoms with Crippen LogP contribution >= 0.6 is 0 Å². The summed E-state index contributed by atoms with van der Waals surface area (Å²) >= 11 is 0. The molecule has 0 amide bonds. The molecule has 0 bridgehead atoms. The average molecular weight is 285 g/mol. The molecule has 2 aromatic rings. The lowest BCUT2D eigenvalue weighted by molar-refractivity contribution is -0.384. The molecule has 0 radical (unpaired) electrons. The van der Waals surface area contributed by atoms with Crippen molar-refractivity contribution in [2.24, 2.45) is 0 Å². The molecule has 8 heteroatoms. The number of hydrogen-bond acceptors (Lipinski definition) is 7. The highest BCUT2D eigenvalue weighted by molar-refractivity contribution is 5.61. The summed E-state index contributed by atoms with van der Waals surface area (Å²) in [5.74, 6) is 2.56. The minimum absolute atomic E-state index is 0.0237. The van der Waals surface area contributed by atoms with Gasteiger partial charge >= 0.3 is 5.69 Å². The van der Waals surface area contributed by atoms with Crippen LogP contribution in [0.1, 0.15) is 0 Å². The Morgan fingerprint density at radius 1 is 1.48 bits per heavy atom. The normalized spacial score (nSPS) is 9.67. The van der Waals surface area contributed by atoms with E-state index in [4.69, 9.17) is 6.42 Å². The van der Waals surface area contributed by atoms with Gasteiger partial charge < -0.3 is 15.7 Å². The zero-order valence-corrected chi connectivity index (χ0v) is 10.8. The van der Waals surface area contributed by atoms with Crippen LogP contribution in [0.5, 0.6) is 5.75 Å². The van der Waals surface area contributed by atoms with E-state index < -0.39 is 4.92 Å². The number of phenols is 1. The number of rotatable bonds is 5. The van der Waals surface area contributed by atoms with E-state index in [0.29, 0.717) is 5.69 Å². The molecular weight excluding hydrogens is 274 g/mol. The van der Waals surface area contributed by atoms with Crippen LogP contribution in [0.15, 0.2) is 30.5 Å². The van der Waals surface area contributed by atoms with Crippen LogP contribution in [0.3, 0.4) is 0 Å². The average Bonchev–Trinajstić information content (AvgIpc) is 2.45. The first-order valence-electron chi connectivity index (χ1n) is 5.85. The summed E-state index contributed by atoms with van der Waals surface area (Å²) in [5, 5.41) is 25.7. The Morgan fingerprint density at radius 2 is 2.29 bits per heavy atom. The van der Waals surface area contributed by atoms with Crippen molar-refractivity contribution in [3.05, 3.63) is 40.6 Å². The van der Waals surface area contributed by atoms with Gasteiger partial charge in [0.1, 0.15) is 11.9 Å². The molecule has 2 rings (SSSR count). The molecular formula is C13H11N5O3. The summed E-state index contributed by atoms with van der Waals surface area (Å²) in [6.07, 6.45) is 6.19. The zero-order chi connectivity index (χ0) is 15.2. The third kappa shape index (κ3) is 3.57. The van der Waals surface area contributed by atoms with E-state index in [2.05, 4.69) is 26.5 Å². The molecule has 0 spiro atoms. The van der Waals surface area contributed by atoms with Crippen molar-refractivity contribution in [1.82, 2.24) is 9.97 Å². The SMILES string of the molecule is C#CCNc1nc(Nc2cccc(O)c2)ncc1[N+](=O)[O-]. The minimum atomic E-state index is -0.600. The Labute approximate surface area is 120 Å². The molecule has 0 aliphatic carbocycles. The van der Waals surface area contributed by atoms with Gasteiger partial charge in [-0.1, -0.05) is 12.0 Å². The lowest BCUT2D eigenvalue weighted by atomic mass is 10.3. The van der Waals surface area contributed by atoms with Gasteiger partial charge in [0.05, 0.1) is 11.5 Å². The summed E-state index contributed by atoms with van der Waals surface area (Å²) < 4.78 is 0. The molecule has 0 unspecified atom stereocenters. The molecule has 0 saturated heterocycles. The molecule has 3 N–H and O–H groups in total. The summed E-state index contributed by atoms with van der Waals surface area (Å²) in [5.41, 5.74) is 0.276. The van der Waals surface area contributed by atoms with E-state index in [-0.39, 0.29) is 29.7 Å². The molecule has 106 valence electrons. The minimum Gasteiger partial charge on any atom is -0.508 e. The lowest BCUT2D eigenvalue weighted by Gasteiger charge is -2.07. The summed E-state index contributed by atoms with van der Waals surface area (Å²) in [6.45, 7) is 0.101. The first-order valence-corrected chi connectivity index (χ1v) is 5.85. The van der Waals surface area contributed by atoms with Crippen molar-refractivity contribution in [1.29, 1.82) is 0 Å². The maximum Gasteiger partial charge on any atom is 0.329 e. The molecule has 0 atom stereocenters. The standard InChI is InChI=1S/C13H11N5O3/c1-2-6-14-12-11(18(20)21)8-15-13(17-12)16-9-4-3-5-10(19)7-9/h1,3-5,7-8,19H,6H2,(H2,14,15,16,17). The smallest absolute Gasteiger partial charge is 0.329 e. The Morgan fingerprint density at radius 3 is 2.95 bits per heavy atom. The highest BCUT2D eigenvalue weighted by atomic mass is 16.6. The summed E-state index contributed by atoms with van der Waals surface area (Å²) in [6, 6.07) is 6.32. The fourth-order valence-corrected chi connectivity index (χ4v) is 1.55. The van der Waals surface area contributed by atoms with Crippen LogP contribution in [0.25, 0.3) is 0 Å². The number of aromatic nitrogens is 2. The van der Waals surface area contributed by atoms with Gasteiger partial charge in [0.25, 0.3) is 0 Å². The van der Waals surface area contributed by atoms with Crippen molar-refractivity contribution >= 4 is 23.1 Å². The Kier molecular flexibility index (Phi) is 4.16. The second-order valence-electron chi connectivity index (χ2n) is 3.92. The first-order chi connectivity index (χ1) is 10.1. The third-order valence-electron chi connectivity index (χ3n) is 2.43.